The third-order valence-corrected chi connectivity index (χ3v) is 4.70. The minimum absolute atomic E-state index is 0.135. The molecule has 4 rings (SSSR count). The molecule has 1 N–H and O–H groups in total. The van der Waals surface area contributed by atoms with E-state index in [1.54, 1.807) is 11.3 Å². The van der Waals surface area contributed by atoms with Crippen LogP contribution in [0.25, 0.3) is 21.7 Å². The Morgan fingerprint density at radius 2 is 1.96 bits per heavy atom. The number of hydrogen-bond acceptors (Lipinski definition) is 7. The summed E-state index contributed by atoms with van der Waals surface area (Å²) in [6, 6.07) is 11.6. The van der Waals surface area contributed by atoms with Gasteiger partial charge in [0.15, 0.2) is 5.82 Å². The Morgan fingerprint density at radius 1 is 1.12 bits per heavy atom. The van der Waals surface area contributed by atoms with Crippen LogP contribution in [-0.2, 0) is 6.42 Å². The van der Waals surface area contributed by atoms with E-state index in [4.69, 9.17) is 4.52 Å². The molecule has 0 saturated carbocycles. The molecule has 6 nitrogen and oxygen atoms in total. The van der Waals surface area contributed by atoms with Gasteiger partial charge in [-0.05, 0) is 30.5 Å². The molecule has 25 heavy (non-hydrogen) atoms. The summed E-state index contributed by atoms with van der Waals surface area (Å²) in [5.41, 5.74) is 0.906. The zero-order valence-electron chi connectivity index (χ0n) is 13.9. The lowest BCUT2D eigenvalue weighted by atomic mass is 10.2. The normalized spacial score (nSPS) is 12.4. The molecule has 0 amide bonds. The maximum Gasteiger partial charge on any atom is 0.257 e. The number of aryl methyl sites for hydroxylation is 1. The van der Waals surface area contributed by atoms with Gasteiger partial charge in [-0.15, -0.1) is 11.3 Å². The third kappa shape index (κ3) is 3.10. The summed E-state index contributed by atoms with van der Waals surface area (Å²) in [5, 5.41) is 10.5. The standard InChI is InChI=1S/C18H17N5OS/c1-3-14-20-16(13-9-10-25-18(13)21-14)19-11(2)15-22-17(24-23-15)12-7-5-4-6-8-12/h4-11H,3H2,1-2H3,(H,19,20,21). The first-order chi connectivity index (χ1) is 12.2. The molecule has 3 heterocycles. The average molecular weight is 351 g/mol. The lowest BCUT2D eigenvalue weighted by molar-refractivity contribution is 0.420. The number of rotatable bonds is 5. The molecule has 7 heteroatoms. The lowest BCUT2D eigenvalue weighted by Gasteiger charge is -2.12. The number of anilines is 1. The van der Waals surface area contributed by atoms with Gasteiger partial charge in [-0.1, -0.05) is 30.3 Å². The van der Waals surface area contributed by atoms with Gasteiger partial charge in [-0.3, -0.25) is 0 Å². The molecule has 1 atom stereocenters. The first-order valence-electron chi connectivity index (χ1n) is 8.14. The van der Waals surface area contributed by atoms with Crippen molar-refractivity contribution >= 4 is 27.4 Å². The summed E-state index contributed by atoms with van der Waals surface area (Å²) in [7, 11) is 0. The zero-order chi connectivity index (χ0) is 17.2. The topological polar surface area (TPSA) is 76.7 Å². The van der Waals surface area contributed by atoms with Crippen LogP contribution in [0.4, 0.5) is 5.82 Å². The van der Waals surface area contributed by atoms with Crippen molar-refractivity contribution in [1.82, 2.24) is 20.1 Å². The smallest absolute Gasteiger partial charge is 0.257 e. The van der Waals surface area contributed by atoms with Crippen molar-refractivity contribution < 1.29 is 4.52 Å². The van der Waals surface area contributed by atoms with Gasteiger partial charge in [0.05, 0.1) is 11.4 Å². The number of nitrogens with one attached hydrogen (secondary N) is 1. The summed E-state index contributed by atoms with van der Waals surface area (Å²) in [6.45, 7) is 4.04. The Labute approximate surface area is 149 Å². The maximum absolute atomic E-state index is 5.40. The highest BCUT2D eigenvalue weighted by molar-refractivity contribution is 7.16. The second-order valence-electron chi connectivity index (χ2n) is 5.67. The largest absolute Gasteiger partial charge is 0.360 e. The number of hydrogen-bond donors (Lipinski definition) is 1. The zero-order valence-corrected chi connectivity index (χ0v) is 14.7. The summed E-state index contributed by atoms with van der Waals surface area (Å²) < 4.78 is 5.40. The van der Waals surface area contributed by atoms with E-state index in [-0.39, 0.29) is 6.04 Å². The molecular formula is C18H17N5OS. The van der Waals surface area contributed by atoms with Crippen molar-refractivity contribution in [2.45, 2.75) is 26.3 Å². The van der Waals surface area contributed by atoms with Crippen LogP contribution in [0.5, 0.6) is 0 Å². The first kappa shape index (κ1) is 15.7. The Hall–Kier alpha value is -2.80. The average Bonchev–Trinajstić information content (AvgIpc) is 3.32. The fourth-order valence-electron chi connectivity index (χ4n) is 2.55. The van der Waals surface area contributed by atoms with E-state index < -0.39 is 0 Å². The SMILES string of the molecule is CCc1nc(NC(C)c2noc(-c3ccccc3)n2)c2ccsc2n1. The van der Waals surface area contributed by atoms with Crippen molar-refractivity contribution in [3.63, 3.8) is 0 Å². The summed E-state index contributed by atoms with van der Waals surface area (Å²) >= 11 is 1.61. The number of nitrogens with zero attached hydrogens (tertiary/aromatic N) is 4. The minimum Gasteiger partial charge on any atom is -0.360 e. The molecule has 0 fully saturated rings. The van der Waals surface area contributed by atoms with Crippen molar-refractivity contribution in [2.24, 2.45) is 0 Å². The van der Waals surface area contributed by atoms with Gasteiger partial charge in [-0.2, -0.15) is 4.98 Å². The second kappa shape index (κ2) is 6.60. The van der Waals surface area contributed by atoms with E-state index in [1.165, 1.54) is 0 Å². The van der Waals surface area contributed by atoms with Crippen molar-refractivity contribution in [3.8, 4) is 11.5 Å². The molecule has 0 bridgehead atoms. The molecule has 126 valence electrons. The fourth-order valence-corrected chi connectivity index (χ4v) is 3.33. The molecule has 0 spiro atoms. The van der Waals surface area contributed by atoms with E-state index in [0.29, 0.717) is 11.7 Å². The highest BCUT2D eigenvalue weighted by Crippen LogP contribution is 2.28. The van der Waals surface area contributed by atoms with Crippen molar-refractivity contribution in [2.75, 3.05) is 5.32 Å². The summed E-state index contributed by atoms with van der Waals surface area (Å²) in [4.78, 5) is 14.7. The molecule has 3 aromatic heterocycles. The van der Waals surface area contributed by atoms with E-state index in [1.807, 2.05) is 55.6 Å². The second-order valence-corrected chi connectivity index (χ2v) is 6.57. The number of fused-ring (bicyclic) bond motifs is 1. The number of benzene rings is 1. The molecule has 0 aliphatic heterocycles. The van der Waals surface area contributed by atoms with Gasteiger partial charge in [-0.25, -0.2) is 9.97 Å². The number of aromatic nitrogens is 4. The molecule has 0 radical (unpaired) electrons. The summed E-state index contributed by atoms with van der Waals surface area (Å²) in [6.07, 6.45) is 0.789. The van der Waals surface area contributed by atoms with Gasteiger partial charge in [0, 0.05) is 12.0 Å². The van der Waals surface area contributed by atoms with Crippen LogP contribution in [0.2, 0.25) is 0 Å². The van der Waals surface area contributed by atoms with Crippen LogP contribution >= 0.6 is 11.3 Å². The molecule has 1 unspecified atom stereocenters. The maximum atomic E-state index is 5.40. The van der Waals surface area contributed by atoms with Crippen molar-refractivity contribution in [3.05, 3.63) is 53.4 Å². The molecule has 4 aromatic rings. The fraction of sp³-hybridized carbons (Fsp3) is 0.222. The van der Waals surface area contributed by atoms with E-state index in [9.17, 15) is 0 Å². The van der Waals surface area contributed by atoms with Crippen LogP contribution in [0.1, 0.15) is 31.5 Å². The summed E-state index contributed by atoms with van der Waals surface area (Å²) in [5.74, 6) is 2.74. The predicted octanol–water partition coefficient (Wildman–Crippen LogP) is 4.48. The van der Waals surface area contributed by atoms with Gasteiger partial charge in [0.2, 0.25) is 0 Å². The van der Waals surface area contributed by atoms with Crippen LogP contribution in [0, 0.1) is 0 Å². The van der Waals surface area contributed by atoms with Crippen LogP contribution in [-0.4, -0.2) is 20.1 Å². The van der Waals surface area contributed by atoms with Gasteiger partial charge < -0.3 is 9.84 Å². The van der Waals surface area contributed by atoms with Crippen LogP contribution < -0.4 is 5.32 Å². The molecule has 0 aliphatic rings. The van der Waals surface area contributed by atoms with Crippen LogP contribution in [0.3, 0.4) is 0 Å². The van der Waals surface area contributed by atoms with E-state index in [0.717, 1.165) is 33.8 Å². The highest BCUT2D eigenvalue weighted by atomic mass is 32.1. The van der Waals surface area contributed by atoms with Gasteiger partial charge >= 0.3 is 0 Å². The molecular weight excluding hydrogens is 334 g/mol. The third-order valence-electron chi connectivity index (χ3n) is 3.89. The quantitative estimate of drug-likeness (QED) is 0.571. The van der Waals surface area contributed by atoms with E-state index in [2.05, 4.69) is 25.4 Å². The monoisotopic (exact) mass is 351 g/mol. The van der Waals surface area contributed by atoms with Gasteiger partial charge in [0.1, 0.15) is 16.5 Å². The Morgan fingerprint density at radius 3 is 2.76 bits per heavy atom. The highest BCUT2D eigenvalue weighted by Gasteiger charge is 2.17. The van der Waals surface area contributed by atoms with Crippen molar-refractivity contribution in [1.29, 1.82) is 0 Å². The Balaban J connectivity index is 1.61. The molecule has 0 saturated heterocycles. The van der Waals surface area contributed by atoms with E-state index >= 15 is 0 Å². The van der Waals surface area contributed by atoms with Crippen LogP contribution in [0.15, 0.2) is 46.3 Å². The number of thiophene rings is 1. The lowest BCUT2D eigenvalue weighted by Crippen LogP contribution is -2.11. The first-order valence-corrected chi connectivity index (χ1v) is 9.02. The Bertz CT molecular complexity index is 995. The van der Waals surface area contributed by atoms with Gasteiger partial charge in [0.25, 0.3) is 5.89 Å². The molecule has 0 aliphatic carbocycles. The Kier molecular flexibility index (Phi) is 4.15. The molecule has 1 aromatic carbocycles. The predicted molar refractivity (Wildman–Crippen MR) is 98.6 cm³/mol. The minimum atomic E-state index is -0.135.